The fraction of sp³-hybridized carbons (Fsp3) is 0.0952. The highest BCUT2D eigenvalue weighted by atomic mass is 16.5. The second kappa shape index (κ2) is 6.59. The van der Waals surface area contributed by atoms with Crippen LogP contribution >= 0.6 is 0 Å². The molecule has 1 aliphatic heterocycles. The third-order valence-electron chi connectivity index (χ3n) is 4.11. The molecular weight excluding hydrogens is 296 g/mol. The molecule has 0 bridgehead atoms. The average Bonchev–Trinajstić information content (AvgIpc) is 2.67. The Bertz CT molecular complexity index is 844. The van der Waals surface area contributed by atoms with Crippen LogP contribution in [-0.4, -0.2) is 5.71 Å². The van der Waals surface area contributed by atoms with Gasteiger partial charge in [-0.1, -0.05) is 60.7 Å². The highest BCUT2D eigenvalue weighted by Crippen LogP contribution is 2.35. The first kappa shape index (κ1) is 14.5. The fourth-order valence-corrected chi connectivity index (χ4v) is 2.89. The van der Waals surface area contributed by atoms with Crippen LogP contribution in [0.5, 0.6) is 5.75 Å². The molecule has 3 nitrogen and oxygen atoms in total. The van der Waals surface area contributed by atoms with Crippen molar-refractivity contribution in [3.63, 3.8) is 0 Å². The van der Waals surface area contributed by atoms with E-state index in [1.165, 1.54) is 5.56 Å². The molecule has 1 aliphatic rings. The minimum atomic E-state index is -0.0163. The first-order valence-corrected chi connectivity index (χ1v) is 8.09. The summed E-state index contributed by atoms with van der Waals surface area (Å²) in [6.45, 7) is 0. The quantitative estimate of drug-likeness (QED) is 0.688. The van der Waals surface area contributed by atoms with Gasteiger partial charge >= 0.3 is 0 Å². The molecule has 118 valence electrons. The normalized spacial score (nSPS) is 17.8. The third kappa shape index (κ3) is 3.01. The molecule has 3 heteroatoms. The molecule has 1 heterocycles. The molecule has 0 saturated heterocycles. The minimum absolute atomic E-state index is 0.0163. The molecular formula is C21H18N2O. The van der Waals surface area contributed by atoms with Crippen molar-refractivity contribution < 1.29 is 4.74 Å². The topological polar surface area (TPSA) is 33.6 Å². The average molecular weight is 314 g/mol. The largest absolute Gasteiger partial charge is 0.485 e. The molecule has 1 atom stereocenters. The zero-order valence-electron chi connectivity index (χ0n) is 13.2. The van der Waals surface area contributed by atoms with Gasteiger partial charge in [-0.2, -0.15) is 5.10 Å². The summed E-state index contributed by atoms with van der Waals surface area (Å²) < 4.78 is 6.19. The predicted molar refractivity (Wildman–Crippen MR) is 97.5 cm³/mol. The van der Waals surface area contributed by atoms with Crippen molar-refractivity contribution in [2.75, 3.05) is 5.43 Å². The molecule has 3 aromatic rings. The number of nitrogens with zero attached hydrogens (tertiary/aromatic N) is 1. The van der Waals surface area contributed by atoms with E-state index in [0.717, 1.165) is 29.1 Å². The lowest BCUT2D eigenvalue weighted by molar-refractivity contribution is 0.206. The van der Waals surface area contributed by atoms with Gasteiger partial charge in [-0.05, 0) is 29.8 Å². The standard InChI is InChI=1S/C21H18N2O/c1-3-9-16(10-4-1)21-15-19(18-13-7-8-14-20(18)24-21)23-22-17-11-5-2-6-12-17/h1-14,21-22H,15H2/b23-19+/t21-/m1/s1. The number of nitrogens with one attached hydrogen (secondary N) is 1. The maximum atomic E-state index is 6.19. The van der Waals surface area contributed by atoms with Gasteiger partial charge in [0.25, 0.3) is 0 Å². The van der Waals surface area contributed by atoms with Crippen molar-refractivity contribution in [3.8, 4) is 5.75 Å². The van der Waals surface area contributed by atoms with Crippen molar-refractivity contribution in [2.45, 2.75) is 12.5 Å². The molecule has 0 radical (unpaired) electrons. The molecule has 0 amide bonds. The number of hydrogen-bond acceptors (Lipinski definition) is 3. The fourth-order valence-electron chi connectivity index (χ4n) is 2.89. The maximum Gasteiger partial charge on any atom is 0.129 e. The summed E-state index contributed by atoms with van der Waals surface area (Å²) in [5.41, 5.74) is 7.36. The Morgan fingerprint density at radius 3 is 2.25 bits per heavy atom. The molecule has 0 saturated carbocycles. The number of para-hydroxylation sites is 2. The van der Waals surface area contributed by atoms with Crippen LogP contribution < -0.4 is 10.2 Å². The number of ether oxygens (including phenoxy) is 1. The van der Waals surface area contributed by atoms with E-state index in [2.05, 4.69) is 28.7 Å². The van der Waals surface area contributed by atoms with Crippen LogP contribution in [0, 0.1) is 0 Å². The smallest absolute Gasteiger partial charge is 0.129 e. The van der Waals surface area contributed by atoms with Crippen molar-refractivity contribution in [2.24, 2.45) is 5.10 Å². The molecule has 0 unspecified atom stereocenters. The summed E-state index contributed by atoms with van der Waals surface area (Å²) in [5, 5.41) is 4.66. The van der Waals surface area contributed by atoms with Gasteiger partial charge in [0.2, 0.25) is 0 Å². The van der Waals surface area contributed by atoms with E-state index >= 15 is 0 Å². The Morgan fingerprint density at radius 1 is 0.792 bits per heavy atom. The molecule has 3 aromatic carbocycles. The first-order chi connectivity index (χ1) is 11.9. The van der Waals surface area contributed by atoms with Crippen LogP contribution in [0.15, 0.2) is 90.0 Å². The lowest BCUT2D eigenvalue weighted by atomic mass is 9.96. The SMILES string of the molecule is c1ccc(N/N=C2\C[C@H](c3ccccc3)Oc3ccccc32)cc1. The Balaban J connectivity index is 1.67. The van der Waals surface area contributed by atoms with Gasteiger partial charge in [0.15, 0.2) is 0 Å². The van der Waals surface area contributed by atoms with Gasteiger partial charge in [-0.25, -0.2) is 0 Å². The van der Waals surface area contributed by atoms with Gasteiger partial charge in [0.05, 0.1) is 11.4 Å². The van der Waals surface area contributed by atoms with Crippen LogP contribution in [0.4, 0.5) is 5.69 Å². The van der Waals surface area contributed by atoms with E-state index in [1.807, 2.05) is 66.7 Å². The summed E-state index contributed by atoms with van der Waals surface area (Å²) >= 11 is 0. The zero-order valence-corrected chi connectivity index (χ0v) is 13.2. The molecule has 0 aromatic heterocycles. The summed E-state index contributed by atoms with van der Waals surface area (Å²) in [5.74, 6) is 0.881. The molecule has 0 spiro atoms. The summed E-state index contributed by atoms with van der Waals surface area (Å²) in [6, 6.07) is 28.4. The van der Waals surface area contributed by atoms with Gasteiger partial charge in [0, 0.05) is 12.0 Å². The summed E-state index contributed by atoms with van der Waals surface area (Å²) in [4.78, 5) is 0. The first-order valence-electron chi connectivity index (χ1n) is 8.09. The van der Waals surface area contributed by atoms with Crippen molar-refractivity contribution in [3.05, 3.63) is 96.1 Å². The Morgan fingerprint density at radius 2 is 1.46 bits per heavy atom. The van der Waals surface area contributed by atoms with Gasteiger partial charge in [-0.15, -0.1) is 0 Å². The van der Waals surface area contributed by atoms with E-state index in [1.54, 1.807) is 0 Å². The number of rotatable bonds is 3. The lowest BCUT2D eigenvalue weighted by Gasteiger charge is -2.27. The number of benzene rings is 3. The second-order valence-electron chi connectivity index (χ2n) is 5.75. The van der Waals surface area contributed by atoms with E-state index in [9.17, 15) is 0 Å². The highest BCUT2D eigenvalue weighted by Gasteiger charge is 2.25. The number of hydrogen-bond donors (Lipinski definition) is 1. The van der Waals surface area contributed by atoms with Crippen LogP contribution in [-0.2, 0) is 0 Å². The Hall–Kier alpha value is -3.07. The minimum Gasteiger partial charge on any atom is -0.485 e. The number of fused-ring (bicyclic) bond motifs is 1. The maximum absolute atomic E-state index is 6.19. The van der Waals surface area contributed by atoms with Crippen LogP contribution in [0.3, 0.4) is 0 Å². The van der Waals surface area contributed by atoms with E-state index < -0.39 is 0 Å². The highest BCUT2D eigenvalue weighted by molar-refractivity contribution is 6.04. The number of hydrazone groups is 1. The monoisotopic (exact) mass is 314 g/mol. The predicted octanol–water partition coefficient (Wildman–Crippen LogP) is 5.03. The van der Waals surface area contributed by atoms with E-state index in [0.29, 0.717) is 0 Å². The van der Waals surface area contributed by atoms with Crippen molar-refractivity contribution in [1.29, 1.82) is 0 Å². The number of anilines is 1. The molecule has 1 N–H and O–H groups in total. The van der Waals surface area contributed by atoms with E-state index in [4.69, 9.17) is 4.74 Å². The Kier molecular flexibility index (Phi) is 3.98. The van der Waals surface area contributed by atoms with Crippen molar-refractivity contribution >= 4 is 11.4 Å². The van der Waals surface area contributed by atoms with Gasteiger partial charge in [-0.3, -0.25) is 5.43 Å². The van der Waals surface area contributed by atoms with Gasteiger partial charge in [0.1, 0.15) is 11.9 Å². The van der Waals surface area contributed by atoms with Crippen LogP contribution in [0.2, 0.25) is 0 Å². The zero-order chi connectivity index (χ0) is 16.2. The summed E-state index contributed by atoms with van der Waals surface area (Å²) in [7, 11) is 0. The molecule has 0 fully saturated rings. The molecule has 4 rings (SSSR count). The lowest BCUT2D eigenvalue weighted by Crippen LogP contribution is -2.21. The second-order valence-corrected chi connectivity index (χ2v) is 5.75. The third-order valence-corrected chi connectivity index (χ3v) is 4.11. The van der Waals surface area contributed by atoms with Crippen molar-refractivity contribution in [1.82, 2.24) is 0 Å². The summed E-state index contributed by atoms with van der Waals surface area (Å²) in [6.07, 6.45) is 0.721. The van der Waals surface area contributed by atoms with Crippen LogP contribution in [0.25, 0.3) is 0 Å². The Labute approximate surface area is 141 Å². The molecule has 0 aliphatic carbocycles. The molecule has 24 heavy (non-hydrogen) atoms. The van der Waals surface area contributed by atoms with Crippen LogP contribution in [0.1, 0.15) is 23.7 Å². The van der Waals surface area contributed by atoms with E-state index in [-0.39, 0.29) is 6.10 Å². The van der Waals surface area contributed by atoms with Gasteiger partial charge < -0.3 is 4.74 Å².